The minimum atomic E-state index is -0.378. The number of fused-ring (bicyclic) bond motifs is 1. The Hall–Kier alpha value is -1.93. The molecule has 33 heavy (non-hydrogen) atoms. The van der Waals surface area contributed by atoms with Crippen LogP contribution < -0.4 is 37.2 Å². The molecule has 0 atom stereocenters. The minimum absolute atomic E-state index is 0. The van der Waals surface area contributed by atoms with Crippen molar-refractivity contribution in [3.8, 4) is 0 Å². The molecule has 0 bridgehead atoms. The van der Waals surface area contributed by atoms with Crippen molar-refractivity contribution >= 4 is 10.8 Å². The van der Waals surface area contributed by atoms with Crippen LogP contribution >= 0.6 is 0 Å². The number of hydrogen-bond donors (Lipinski definition) is 0. The fraction of sp³-hybridized carbons (Fsp3) is 0.0690. The molecule has 0 unspecified atom stereocenters. The summed E-state index contributed by atoms with van der Waals surface area (Å²) < 4.78 is 0. The van der Waals surface area contributed by atoms with Crippen molar-refractivity contribution in [3.05, 3.63) is 149 Å². The van der Waals surface area contributed by atoms with Gasteiger partial charge in [0.15, 0.2) is 0 Å². The SMILES string of the molecule is Cc1cc2ccccc2[c-]1C(c1ccccc1)(c1ccccc1)c1ccccc1.[Cl-].[Cl-].[Cl-].[Ti+4]. The number of benzene rings is 4. The average molecular weight is 526 g/mol. The van der Waals surface area contributed by atoms with Crippen molar-refractivity contribution in [2.75, 3.05) is 0 Å². The van der Waals surface area contributed by atoms with Crippen LogP contribution in [0.5, 0.6) is 0 Å². The second kappa shape index (κ2) is 12.5. The fourth-order valence-electron chi connectivity index (χ4n) is 4.86. The van der Waals surface area contributed by atoms with E-state index in [0.717, 1.165) is 0 Å². The minimum Gasteiger partial charge on any atom is -1.00 e. The zero-order chi connectivity index (χ0) is 19.7. The second-order valence-electron chi connectivity index (χ2n) is 7.64. The van der Waals surface area contributed by atoms with Crippen molar-refractivity contribution in [1.82, 2.24) is 0 Å². The van der Waals surface area contributed by atoms with Crippen LogP contribution in [0.1, 0.15) is 27.8 Å². The Morgan fingerprint density at radius 1 is 0.515 bits per heavy atom. The van der Waals surface area contributed by atoms with E-state index in [0.29, 0.717) is 0 Å². The van der Waals surface area contributed by atoms with Gasteiger partial charge in [0.05, 0.1) is 0 Å². The molecule has 0 amide bonds. The van der Waals surface area contributed by atoms with Crippen molar-refractivity contribution in [1.29, 1.82) is 0 Å². The van der Waals surface area contributed by atoms with Gasteiger partial charge in [0.25, 0.3) is 0 Å². The van der Waals surface area contributed by atoms with Crippen molar-refractivity contribution < 1.29 is 58.9 Å². The molecule has 0 nitrogen and oxygen atoms in total. The van der Waals surface area contributed by atoms with Crippen LogP contribution in [0.2, 0.25) is 0 Å². The van der Waals surface area contributed by atoms with Crippen molar-refractivity contribution in [3.63, 3.8) is 0 Å². The summed E-state index contributed by atoms with van der Waals surface area (Å²) in [6.45, 7) is 2.25. The summed E-state index contributed by atoms with van der Waals surface area (Å²) >= 11 is 0. The first-order valence-electron chi connectivity index (χ1n) is 10.1. The van der Waals surface area contributed by atoms with Crippen LogP contribution in [0.25, 0.3) is 10.8 Å². The summed E-state index contributed by atoms with van der Waals surface area (Å²) in [7, 11) is 0. The molecule has 164 valence electrons. The van der Waals surface area contributed by atoms with E-state index in [1.54, 1.807) is 0 Å². The Labute approximate surface area is 229 Å². The van der Waals surface area contributed by atoms with Gasteiger partial charge in [0.1, 0.15) is 0 Å². The molecule has 0 heterocycles. The topological polar surface area (TPSA) is 0 Å². The largest absolute Gasteiger partial charge is 4.00 e. The summed E-state index contributed by atoms with van der Waals surface area (Å²) in [6.07, 6.45) is 0. The molecular formula is C29H23Cl3Ti. The normalized spacial score (nSPS) is 10.2. The van der Waals surface area contributed by atoms with Gasteiger partial charge >= 0.3 is 21.7 Å². The van der Waals surface area contributed by atoms with Gasteiger partial charge in [-0.3, -0.25) is 0 Å². The Morgan fingerprint density at radius 2 is 0.879 bits per heavy atom. The Balaban J connectivity index is 0.00000136. The summed E-state index contributed by atoms with van der Waals surface area (Å²) in [5, 5.41) is 2.62. The van der Waals surface area contributed by atoms with E-state index in [4.69, 9.17) is 0 Å². The molecular weight excluding hydrogens is 503 g/mol. The second-order valence-corrected chi connectivity index (χ2v) is 7.64. The molecule has 0 saturated carbocycles. The molecule has 0 N–H and O–H groups in total. The molecule has 0 spiro atoms. The standard InChI is InChI=1S/C29H23.3ClH.Ti/c1-22-21-23-13-11-12-20-27(23)28(22)29(24-14-5-2-6-15-24,25-16-7-3-8-17-25)26-18-9-4-10-19-26;;;;/h2-21H,1H3;3*1H;/q-1;;;;+4/p-3. The quantitative estimate of drug-likeness (QED) is 0.149. The maximum Gasteiger partial charge on any atom is 4.00 e. The van der Waals surface area contributed by atoms with E-state index in [1.165, 1.54) is 38.6 Å². The molecule has 0 radical (unpaired) electrons. The van der Waals surface area contributed by atoms with E-state index in [9.17, 15) is 0 Å². The fourth-order valence-corrected chi connectivity index (χ4v) is 4.86. The molecule has 5 aromatic rings. The van der Waals surface area contributed by atoms with Gasteiger partial charge in [-0.05, 0) is 16.7 Å². The van der Waals surface area contributed by atoms with E-state index >= 15 is 0 Å². The van der Waals surface area contributed by atoms with E-state index < -0.39 is 0 Å². The molecule has 5 aromatic carbocycles. The van der Waals surface area contributed by atoms with E-state index in [-0.39, 0.29) is 64.4 Å². The summed E-state index contributed by atoms with van der Waals surface area (Å²) in [4.78, 5) is 0. The molecule has 0 aliphatic carbocycles. The molecule has 0 aromatic heterocycles. The molecule has 0 saturated heterocycles. The predicted molar refractivity (Wildman–Crippen MR) is 123 cm³/mol. The van der Waals surface area contributed by atoms with Gasteiger partial charge in [-0.1, -0.05) is 104 Å². The zero-order valence-electron chi connectivity index (χ0n) is 18.2. The summed E-state index contributed by atoms with van der Waals surface area (Å²) in [5.74, 6) is 0. The van der Waals surface area contributed by atoms with E-state index in [2.05, 4.69) is 128 Å². The predicted octanol–water partition coefficient (Wildman–Crippen LogP) is -1.74. The van der Waals surface area contributed by atoms with Gasteiger partial charge in [-0.25, -0.2) is 0 Å². The Bertz CT molecular complexity index is 1150. The van der Waals surface area contributed by atoms with Crippen LogP contribution in [0.3, 0.4) is 0 Å². The third-order valence-corrected chi connectivity index (χ3v) is 5.99. The molecule has 4 heteroatoms. The summed E-state index contributed by atoms with van der Waals surface area (Å²) in [6, 6.07) is 43.9. The number of aryl methyl sites for hydroxylation is 1. The van der Waals surface area contributed by atoms with Crippen LogP contribution in [0.4, 0.5) is 0 Å². The van der Waals surface area contributed by atoms with Crippen molar-refractivity contribution in [2.24, 2.45) is 0 Å². The third kappa shape index (κ3) is 4.97. The van der Waals surface area contributed by atoms with Crippen LogP contribution in [-0.4, -0.2) is 0 Å². The summed E-state index contributed by atoms with van der Waals surface area (Å²) in [5.41, 5.74) is 6.18. The number of halogens is 3. The van der Waals surface area contributed by atoms with Crippen LogP contribution in [-0.2, 0) is 27.1 Å². The van der Waals surface area contributed by atoms with Crippen LogP contribution in [0, 0.1) is 6.92 Å². The Kier molecular flexibility index (Phi) is 11.0. The van der Waals surface area contributed by atoms with Crippen LogP contribution in [0.15, 0.2) is 121 Å². The molecule has 5 rings (SSSR count). The van der Waals surface area contributed by atoms with Gasteiger partial charge < -0.3 is 37.2 Å². The molecule has 0 fully saturated rings. The van der Waals surface area contributed by atoms with E-state index in [1.807, 2.05) is 0 Å². The first-order valence-corrected chi connectivity index (χ1v) is 10.1. The van der Waals surface area contributed by atoms with Gasteiger partial charge in [0, 0.05) is 5.41 Å². The monoisotopic (exact) mass is 524 g/mol. The maximum absolute atomic E-state index is 2.33. The number of rotatable bonds is 4. The molecule has 0 aliphatic heterocycles. The zero-order valence-corrected chi connectivity index (χ0v) is 22.0. The van der Waals surface area contributed by atoms with Gasteiger partial charge in [-0.15, -0.1) is 40.1 Å². The average Bonchev–Trinajstić information content (AvgIpc) is 3.13. The number of hydrogen-bond acceptors (Lipinski definition) is 0. The molecule has 0 aliphatic rings. The third-order valence-electron chi connectivity index (χ3n) is 5.99. The first kappa shape index (κ1) is 29.1. The maximum atomic E-state index is 2.33. The smallest absolute Gasteiger partial charge is 1.00 e. The Morgan fingerprint density at radius 3 is 1.30 bits per heavy atom. The van der Waals surface area contributed by atoms with Crippen molar-refractivity contribution in [2.45, 2.75) is 12.3 Å². The van der Waals surface area contributed by atoms with Gasteiger partial charge in [0.2, 0.25) is 0 Å². The van der Waals surface area contributed by atoms with Gasteiger partial charge in [-0.2, -0.15) is 6.07 Å². The first-order chi connectivity index (χ1) is 14.3.